The minimum absolute atomic E-state index is 0.0672. The van der Waals surface area contributed by atoms with Crippen LogP contribution in [0.15, 0.2) is 73.3 Å². The van der Waals surface area contributed by atoms with E-state index in [9.17, 15) is 0 Å². The molecule has 0 aliphatic heterocycles. The highest BCUT2D eigenvalue weighted by Gasteiger charge is 2.12. The van der Waals surface area contributed by atoms with Gasteiger partial charge in [0.15, 0.2) is 11.6 Å². The zero-order valence-corrected chi connectivity index (χ0v) is 22.1. The Morgan fingerprint density at radius 2 is 1.00 bits per heavy atom. The lowest BCUT2D eigenvalue weighted by Gasteiger charge is -2.12. The minimum Gasteiger partial charge on any atom is -0.380 e. The van der Waals surface area contributed by atoms with Gasteiger partial charge in [-0.3, -0.25) is 0 Å². The van der Waals surface area contributed by atoms with Crippen LogP contribution in [0.2, 0.25) is 0 Å². The van der Waals surface area contributed by atoms with Crippen LogP contribution >= 0.6 is 0 Å². The Labute approximate surface area is 223 Å². The molecule has 2 aromatic heterocycles. The van der Waals surface area contributed by atoms with Crippen molar-refractivity contribution in [1.29, 1.82) is 0 Å². The first-order chi connectivity index (χ1) is 18.6. The second-order valence-electron chi connectivity index (χ2n) is 9.24. The minimum atomic E-state index is 0.0672. The molecule has 0 saturated carbocycles. The van der Waals surface area contributed by atoms with E-state index in [1.807, 2.05) is 59.6 Å². The number of hydrogen-bond donors (Lipinski definition) is 0. The molecule has 0 unspecified atom stereocenters. The zero-order chi connectivity index (χ0) is 26.5. The SMILES string of the molecule is CO[C@@H](C)Cn1ccnc1C#Cc1c2ccccc2c(C#Cc2nccn2C[C@H](C)OC)c2ccccc12. The third-order valence-electron chi connectivity index (χ3n) is 6.67. The van der Waals surface area contributed by atoms with Gasteiger partial charge >= 0.3 is 0 Å². The zero-order valence-electron chi connectivity index (χ0n) is 22.1. The summed E-state index contributed by atoms with van der Waals surface area (Å²) in [5.74, 6) is 14.9. The van der Waals surface area contributed by atoms with Gasteiger partial charge in [-0.05, 0) is 47.2 Å². The number of nitrogens with zero attached hydrogens (tertiary/aromatic N) is 4. The normalized spacial score (nSPS) is 12.5. The van der Waals surface area contributed by atoms with Crippen molar-refractivity contribution < 1.29 is 9.47 Å². The third-order valence-corrected chi connectivity index (χ3v) is 6.67. The summed E-state index contributed by atoms with van der Waals surface area (Å²) in [5, 5.41) is 4.23. The fourth-order valence-electron chi connectivity index (χ4n) is 4.50. The monoisotopic (exact) mass is 502 g/mol. The van der Waals surface area contributed by atoms with E-state index in [2.05, 4.69) is 57.9 Å². The van der Waals surface area contributed by atoms with Crippen LogP contribution in [0.3, 0.4) is 0 Å². The second-order valence-corrected chi connectivity index (χ2v) is 9.24. The van der Waals surface area contributed by atoms with E-state index in [4.69, 9.17) is 9.47 Å². The van der Waals surface area contributed by atoms with Crippen LogP contribution in [0.25, 0.3) is 21.5 Å². The Kier molecular flexibility index (Phi) is 7.56. The highest BCUT2D eigenvalue weighted by Crippen LogP contribution is 2.32. The van der Waals surface area contributed by atoms with Gasteiger partial charge in [-0.2, -0.15) is 0 Å². The van der Waals surface area contributed by atoms with E-state index in [-0.39, 0.29) is 12.2 Å². The van der Waals surface area contributed by atoms with Gasteiger partial charge in [0.1, 0.15) is 0 Å². The number of rotatable bonds is 6. The van der Waals surface area contributed by atoms with Crippen LogP contribution in [-0.4, -0.2) is 45.5 Å². The highest BCUT2D eigenvalue weighted by atomic mass is 16.5. The van der Waals surface area contributed by atoms with Gasteiger partial charge in [-0.15, -0.1) is 0 Å². The molecule has 5 rings (SSSR count). The number of aromatic nitrogens is 4. The lowest BCUT2D eigenvalue weighted by atomic mass is 9.92. The third kappa shape index (κ3) is 5.19. The summed E-state index contributed by atoms with van der Waals surface area (Å²) in [6.45, 7) is 5.44. The van der Waals surface area contributed by atoms with Gasteiger partial charge in [0.05, 0.1) is 25.3 Å². The van der Waals surface area contributed by atoms with Crippen molar-refractivity contribution in [3.63, 3.8) is 0 Å². The molecule has 0 bridgehead atoms. The van der Waals surface area contributed by atoms with Crippen molar-refractivity contribution in [2.75, 3.05) is 14.2 Å². The molecule has 0 fully saturated rings. The van der Waals surface area contributed by atoms with E-state index >= 15 is 0 Å². The van der Waals surface area contributed by atoms with E-state index in [1.165, 1.54) is 0 Å². The predicted molar refractivity (Wildman–Crippen MR) is 151 cm³/mol. The maximum atomic E-state index is 5.43. The van der Waals surface area contributed by atoms with Crippen molar-refractivity contribution in [3.8, 4) is 23.7 Å². The summed E-state index contributed by atoms with van der Waals surface area (Å²) in [4.78, 5) is 8.96. The molecule has 5 aromatic rings. The largest absolute Gasteiger partial charge is 0.380 e. The fraction of sp³-hybridized carbons (Fsp3) is 0.250. The molecule has 0 amide bonds. The van der Waals surface area contributed by atoms with Gasteiger partial charge in [0.2, 0.25) is 0 Å². The van der Waals surface area contributed by atoms with Crippen molar-refractivity contribution in [2.24, 2.45) is 0 Å². The Balaban J connectivity index is 1.64. The molecule has 190 valence electrons. The standard InChI is InChI=1S/C32H30N4O2/c1-23(37-3)21-35-19-17-33-31(35)15-13-29-25-9-5-7-11-27(25)30(28-12-8-6-10-26(28)29)14-16-32-34-18-20-36(32)22-24(2)38-4/h5-12,17-20,23-24H,21-22H2,1-4H3/t23-,24-/m0/s1. The Hall–Kier alpha value is -4.36. The van der Waals surface area contributed by atoms with Crippen molar-refractivity contribution in [3.05, 3.63) is 96.1 Å². The molecule has 6 heteroatoms. The molecular weight excluding hydrogens is 472 g/mol. The quantitative estimate of drug-likeness (QED) is 0.235. The molecule has 3 aromatic carbocycles. The number of benzene rings is 3. The Morgan fingerprint density at radius 1 is 0.632 bits per heavy atom. The molecule has 0 aliphatic rings. The first-order valence-electron chi connectivity index (χ1n) is 12.6. The number of ether oxygens (including phenoxy) is 2. The van der Waals surface area contributed by atoms with Gasteiger partial charge in [0.25, 0.3) is 0 Å². The summed E-state index contributed by atoms with van der Waals surface area (Å²) in [6.07, 6.45) is 7.56. The summed E-state index contributed by atoms with van der Waals surface area (Å²) < 4.78 is 14.9. The molecule has 0 radical (unpaired) electrons. The number of imidazole rings is 2. The number of methoxy groups -OCH3 is 2. The van der Waals surface area contributed by atoms with Crippen LogP contribution < -0.4 is 0 Å². The lowest BCUT2D eigenvalue weighted by molar-refractivity contribution is 0.103. The van der Waals surface area contributed by atoms with Crippen LogP contribution in [-0.2, 0) is 22.6 Å². The first kappa shape index (κ1) is 25.3. The van der Waals surface area contributed by atoms with Gasteiger partial charge in [-0.1, -0.05) is 60.4 Å². The molecule has 0 saturated heterocycles. The van der Waals surface area contributed by atoms with E-state index < -0.39 is 0 Å². The lowest BCUT2D eigenvalue weighted by Crippen LogP contribution is -2.15. The summed E-state index contributed by atoms with van der Waals surface area (Å²) >= 11 is 0. The Bertz CT molecular complexity index is 1520. The van der Waals surface area contributed by atoms with Crippen LogP contribution in [0.4, 0.5) is 0 Å². The highest BCUT2D eigenvalue weighted by molar-refractivity contribution is 6.09. The molecule has 0 spiro atoms. The van der Waals surface area contributed by atoms with Gasteiger partial charge in [-0.25, -0.2) is 9.97 Å². The summed E-state index contributed by atoms with van der Waals surface area (Å²) in [7, 11) is 3.42. The molecule has 6 nitrogen and oxygen atoms in total. The van der Waals surface area contributed by atoms with Crippen LogP contribution in [0, 0.1) is 23.7 Å². The topological polar surface area (TPSA) is 54.1 Å². The van der Waals surface area contributed by atoms with Gasteiger partial charge in [0, 0.05) is 50.1 Å². The number of fused-ring (bicyclic) bond motifs is 2. The average Bonchev–Trinajstić information content (AvgIpc) is 3.59. The van der Waals surface area contributed by atoms with E-state index in [0.29, 0.717) is 24.7 Å². The fourth-order valence-corrected chi connectivity index (χ4v) is 4.50. The summed E-state index contributed by atoms with van der Waals surface area (Å²) in [6, 6.07) is 16.6. The van der Waals surface area contributed by atoms with Gasteiger partial charge < -0.3 is 18.6 Å². The maximum Gasteiger partial charge on any atom is 0.185 e. The maximum absolute atomic E-state index is 5.43. The predicted octanol–water partition coefficient (Wildman–Crippen LogP) is 5.26. The van der Waals surface area contributed by atoms with Crippen molar-refractivity contribution in [1.82, 2.24) is 19.1 Å². The Morgan fingerprint density at radius 3 is 1.34 bits per heavy atom. The molecule has 2 heterocycles. The van der Waals surface area contributed by atoms with Crippen LogP contribution in [0.5, 0.6) is 0 Å². The molecular formula is C32H30N4O2. The number of hydrogen-bond acceptors (Lipinski definition) is 4. The second kappa shape index (κ2) is 11.4. The van der Waals surface area contributed by atoms with E-state index in [1.54, 1.807) is 26.6 Å². The first-order valence-corrected chi connectivity index (χ1v) is 12.6. The molecule has 0 aliphatic carbocycles. The van der Waals surface area contributed by atoms with Crippen molar-refractivity contribution >= 4 is 21.5 Å². The van der Waals surface area contributed by atoms with Crippen LogP contribution in [0.1, 0.15) is 36.6 Å². The molecule has 2 atom stereocenters. The molecule has 0 N–H and O–H groups in total. The molecule has 38 heavy (non-hydrogen) atoms. The smallest absolute Gasteiger partial charge is 0.185 e. The van der Waals surface area contributed by atoms with Crippen molar-refractivity contribution in [2.45, 2.75) is 39.1 Å². The summed E-state index contributed by atoms with van der Waals surface area (Å²) in [5.41, 5.74) is 1.93. The average molecular weight is 503 g/mol. The van der Waals surface area contributed by atoms with E-state index in [0.717, 1.165) is 32.7 Å².